The van der Waals surface area contributed by atoms with Crippen LogP contribution in [0.15, 0.2) is 119 Å². The summed E-state index contributed by atoms with van der Waals surface area (Å²) < 4.78 is 0. The highest BCUT2D eigenvalue weighted by Crippen LogP contribution is 2.55. The summed E-state index contributed by atoms with van der Waals surface area (Å²) >= 11 is 0. The largest absolute Gasteiger partial charge is 0.0697 e. The summed E-state index contributed by atoms with van der Waals surface area (Å²) in [6.07, 6.45) is 34.8. The first kappa shape index (κ1) is 13.7. The number of rotatable bonds is 0. The lowest BCUT2D eigenvalue weighted by Crippen LogP contribution is -2.33. The van der Waals surface area contributed by atoms with Gasteiger partial charge in [0.05, 0.1) is 0 Å². The standard InChI is InChI=1S/C25H20/c1-5-17-6-2-10-20-14-25(13-19(9-1)23(17)20)15-21-11-3-7-18-8-4-12-22(16-25)24(18)21/h1-13,15,23-24H,14,16H2. The van der Waals surface area contributed by atoms with Gasteiger partial charge in [-0.15, -0.1) is 0 Å². The summed E-state index contributed by atoms with van der Waals surface area (Å²) in [4.78, 5) is 0. The first-order chi connectivity index (χ1) is 12.3. The van der Waals surface area contributed by atoms with Gasteiger partial charge in [-0.05, 0) is 35.1 Å². The van der Waals surface area contributed by atoms with Gasteiger partial charge in [-0.25, -0.2) is 0 Å². The van der Waals surface area contributed by atoms with Crippen LogP contribution in [0.4, 0.5) is 0 Å². The average molecular weight is 320 g/mol. The van der Waals surface area contributed by atoms with E-state index in [1.54, 1.807) is 11.1 Å². The summed E-state index contributed by atoms with van der Waals surface area (Å²) in [5.74, 6) is 0.990. The van der Waals surface area contributed by atoms with Crippen LogP contribution in [0.2, 0.25) is 0 Å². The minimum absolute atomic E-state index is 0.130. The molecule has 0 bridgehead atoms. The van der Waals surface area contributed by atoms with Crippen LogP contribution < -0.4 is 0 Å². The molecule has 0 aromatic carbocycles. The highest BCUT2D eigenvalue weighted by molar-refractivity contribution is 5.60. The molecule has 0 N–H and O–H groups in total. The van der Waals surface area contributed by atoms with E-state index >= 15 is 0 Å². The topological polar surface area (TPSA) is 0 Å². The first-order valence-corrected chi connectivity index (χ1v) is 9.28. The van der Waals surface area contributed by atoms with Crippen LogP contribution in [0.5, 0.6) is 0 Å². The molecular formula is C25H20. The third kappa shape index (κ3) is 1.88. The van der Waals surface area contributed by atoms with Gasteiger partial charge in [-0.3, -0.25) is 0 Å². The smallest absolute Gasteiger partial charge is 0.0299 e. The van der Waals surface area contributed by atoms with Crippen LogP contribution >= 0.6 is 0 Å². The Labute approximate surface area is 149 Å². The molecular weight excluding hydrogens is 300 g/mol. The molecule has 2 unspecified atom stereocenters. The zero-order valence-electron chi connectivity index (χ0n) is 14.2. The van der Waals surface area contributed by atoms with E-state index < -0.39 is 0 Å². The maximum Gasteiger partial charge on any atom is 0.0299 e. The molecule has 6 aliphatic rings. The van der Waals surface area contributed by atoms with E-state index in [-0.39, 0.29) is 5.41 Å². The Kier molecular flexibility index (Phi) is 2.58. The second-order valence-corrected chi connectivity index (χ2v) is 7.99. The van der Waals surface area contributed by atoms with Gasteiger partial charge in [0.25, 0.3) is 0 Å². The lowest BCUT2D eigenvalue weighted by atomic mass is 9.58. The fourth-order valence-electron chi connectivity index (χ4n) is 5.55. The van der Waals surface area contributed by atoms with Gasteiger partial charge in [0, 0.05) is 17.3 Å². The zero-order valence-corrected chi connectivity index (χ0v) is 14.2. The molecule has 6 aliphatic carbocycles. The first-order valence-electron chi connectivity index (χ1n) is 9.28. The van der Waals surface area contributed by atoms with Crippen molar-refractivity contribution in [2.45, 2.75) is 12.8 Å². The van der Waals surface area contributed by atoms with Crippen molar-refractivity contribution >= 4 is 0 Å². The Morgan fingerprint density at radius 1 is 0.560 bits per heavy atom. The maximum atomic E-state index is 2.58. The molecule has 1 spiro atoms. The maximum absolute atomic E-state index is 2.58. The molecule has 0 nitrogen and oxygen atoms in total. The van der Waals surface area contributed by atoms with E-state index in [2.05, 4.69) is 85.1 Å². The Hall–Kier alpha value is -2.60. The van der Waals surface area contributed by atoms with Crippen LogP contribution in [-0.2, 0) is 0 Å². The van der Waals surface area contributed by atoms with E-state index in [1.807, 2.05) is 0 Å². The van der Waals surface area contributed by atoms with Crippen molar-refractivity contribution in [3.63, 3.8) is 0 Å². The SMILES string of the molecule is C1=CC2=CC=CC3=CC4(C=C5C=CC=C6C=CC=C(C4)C65)CC(=C1)C23. The van der Waals surface area contributed by atoms with Gasteiger partial charge >= 0.3 is 0 Å². The summed E-state index contributed by atoms with van der Waals surface area (Å²) in [5.41, 5.74) is 9.15. The van der Waals surface area contributed by atoms with Crippen molar-refractivity contribution in [1.82, 2.24) is 0 Å². The molecule has 0 aliphatic heterocycles. The van der Waals surface area contributed by atoms with E-state index in [1.165, 1.54) is 22.3 Å². The van der Waals surface area contributed by atoms with Crippen molar-refractivity contribution in [2.75, 3.05) is 0 Å². The molecule has 120 valence electrons. The van der Waals surface area contributed by atoms with Crippen molar-refractivity contribution in [2.24, 2.45) is 17.3 Å². The fourth-order valence-corrected chi connectivity index (χ4v) is 5.55. The van der Waals surface area contributed by atoms with Crippen molar-refractivity contribution < 1.29 is 0 Å². The van der Waals surface area contributed by atoms with Gasteiger partial charge in [-0.2, -0.15) is 0 Å². The highest BCUT2D eigenvalue weighted by Gasteiger charge is 2.43. The summed E-state index contributed by atoms with van der Waals surface area (Å²) in [6.45, 7) is 0. The van der Waals surface area contributed by atoms with Gasteiger partial charge < -0.3 is 0 Å². The van der Waals surface area contributed by atoms with Gasteiger partial charge in [-0.1, -0.05) is 96.2 Å². The van der Waals surface area contributed by atoms with Gasteiger partial charge in [0.1, 0.15) is 0 Å². The van der Waals surface area contributed by atoms with Crippen LogP contribution in [0.3, 0.4) is 0 Å². The van der Waals surface area contributed by atoms with Gasteiger partial charge in [0.15, 0.2) is 0 Å². The zero-order chi connectivity index (χ0) is 16.4. The molecule has 0 amide bonds. The van der Waals surface area contributed by atoms with Crippen LogP contribution in [0, 0.1) is 17.3 Å². The molecule has 0 saturated carbocycles. The third-order valence-electron chi connectivity index (χ3n) is 6.40. The highest BCUT2D eigenvalue weighted by atomic mass is 14.5. The van der Waals surface area contributed by atoms with Crippen molar-refractivity contribution in [3.8, 4) is 0 Å². The van der Waals surface area contributed by atoms with Crippen molar-refractivity contribution in [3.05, 3.63) is 119 Å². The third-order valence-corrected chi connectivity index (χ3v) is 6.40. The fraction of sp³-hybridized carbons (Fsp3) is 0.200. The molecule has 2 atom stereocenters. The van der Waals surface area contributed by atoms with E-state index in [0.29, 0.717) is 11.8 Å². The molecule has 0 saturated heterocycles. The minimum Gasteiger partial charge on any atom is -0.0697 e. The molecule has 0 heterocycles. The monoisotopic (exact) mass is 320 g/mol. The predicted molar refractivity (Wildman–Crippen MR) is 104 cm³/mol. The lowest BCUT2D eigenvalue weighted by Gasteiger charge is -2.46. The molecule has 0 heteroatoms. The van der Waals surface area contributed by atoms with E-state index in [0.717, 1.165) is 12.8 Å². The van der Waals surface area contributed by atoms with E-state index in [9.17, 15) is 0 Å². The summed E-state index contributed by atoms with van der Waals surface area (Å²) in [6, 6.07) is 0. The van der Waals surface area contributed by atoms with E-state index in [4.69, 9.17) is 0 Å². The molecule has 0 aromatic heterocycles. The Morgan fingerprint density at radius 2 is 1.00 bits per heavy atom. The molecule has 6 rings (SSSR count). The normalized spacial score (nSPS) is 35.8. The molecule has 25 heavy (non-hydrogen) atoms. The van der Waals surface area contributed by atoms with Crippen molar-refractivity contribution in [1.29, 1.82) is 0 Å². The molecule has 0 radical (unpaired) electrons. The second-order valence-electron chi connectivity index (χ2n) is 7.99. The minimum atomic E-state index is 0.130. The van der Waals surface area contributed by atoms with Gasteiger partial charge in [0.2, 0.25) is 0 Å². The number of allylic oxidation sites excluding steroid dienone is 20. The summed E-state index contributed by atoms with van der Waals surface area (Å²) in [7, 11) is 0. The predicted octanol–water partition coefficient (Wildman–Crippen LogP) is 5.85. The Bertz CT molecular complexity index is 907. The quantitative estimate of drug-likeness (QED) is 0.525. The Morgan fingerprint density at radius 3 is 1.52 bits per heavy atom. The Balaban J connectivity index is 1.54. The van der Waals surface area contributed by atoms with Crippen LogP contribution in [0.25, 0.3) is 0 Å². The van der Waals surface area contributed by atoms with Crippen LogP contribution in [0.1, 0.15) is 12.8 Å². The average Bonchev–Trinajstić information content (AvgIpc) is 2.62. The number of hydrogen-bond acceptors (Lipinski definition) is 0. The van der Waals surface area contributed by atoms with Crippen LogP contribution in [-0.4, -0.2) is 0 Å². The number of hydrogen-bond donors (Lipinski definition) is 0. The summed E-state index contributed by atoms with van der Waals surface area (Å²) in [5, 5.41) is 0. The lowest BCUT2D eigenvalue weighted by molar-refractivity contribution is 0.411. The molecule has 0 aromatic rings. The molecule has 0 fully saturated rings. The second kappa shape index (κ2) is 4.73.